The molecule has 0 bridgehead atoms. The number of rotatable bonds is 2. The lowest BCUT2D eigenvalue weighted by Gasteiger charge is -2.26. The van der Waals surface area contributed by atoms with Crippen LogP contribution in [0.1, 0.15) is 40.9 Å². The standard InChI is InChI=1S/C21H19N3O/c25-21-16-9-3-2-8-15(16)19-20(21)22-17-10-6-7-14(18(17)23-19)13-24-11-4-1-5-12-24/h2-3,6-10H,1,4-5,11-13H2. The largest absolute Gasteiger partial charge is 0.299 e. The fraction of sp³-hybridized carbons (Fsp3) is 0.286. The summed E-state index contributed by atoms with van der Waals surface area (Å²) in [6.07, 6.45) is 3.87. The molecule has 0 unspecified atom stereocenters. The number of hydrogen-bond donors (Lipinski definition) is 0. The Balaban J connectivity index is 1.64. The van der Waals surface area contributed by atoms with Crippen LogP contribution in [0.15, 0.2) is 42.5 Å². The van der Waals surface area contributed by atoms with Crippen molar-refractivity contribution in [1.29, 1.82) is 0 Å². The zero-order chi connectivity index (χ0) is 16.8. The third kappa shape index (κ3) is 2.36. The Morgan fingerprint density at radius 3 is 2.48 bits per heavy atom. The molecule has 1 aliphatic heterocycles. The smallest absolute Gasteiger partial charge is 0.214 e. The Morgan fingerprint density at radius 2 is 1.64 bits per heavy atom. The summed E-state index contributed by atoms with van der Waals surface area (Å²) in [5.74, 6) is -0.0126. The van der Waals surface area contributed by atoms with Crippen molar-refractivity contribution < 1.29 is 4.79 Å². The highest BCUT2D eigenvalue weighted by atomic mass is 16.1. The van der Waals surface area contributed by atoms with Crippen LogP contribution in [0.3, 0.4) is 0 Å². The molecule has 3 aromatic rings. The topological polar surface area (TPSA) is 46.1 Å². The third-order valence-electron chi connectivity index (χ3n) is 5.26. The first kappa shape index (κ1) is 14.7. The molecule has 5 rings (SSSR count). The number of para-hydroxylation sites is 1. The molecule has 2 aromatic carbocycles. The van der Waals surface area contributed by atoms with Gasteiger partial charge in [0.2, 0.25) is 5.78 Å². The fourth-order valence-electron chi connectivity index (χ4n) is 3.98. The molecule has 0 saturated carbocycles. The molecule has 124 valence electrons. The van der Waals surface area contributed by atoms with Crippen LogP contribution in [-0.2, 0) is 6.54 Å². The van der Waals surface area contributed by atoms with Gasteiger partial charge >= 0.3 is 0 Å². The number of ketones is 1. The first-order chi connectivity index (χ1) is 12.3. The molecule has 0 radical (unpaired) electrons. The maximum absolute atomic E-state index is 12.6. The molecule has 4 heteroatoms. The van der Waals surface area contributed by atoms with Crippen molar-refractivity contribution in [3.05, 3.63) is 59.3 Å². The normalized spacial score (nSPS) is 16.9. The van der Waals surface area contributed by atoms with Gasteiger partial charge in [0, 0.05) is 17.7 Å². The molecular weight excluding hydrogens is 310 g/mol. The van der Waals surface area contributed by atoms with Gasteiger partial charge in [-0.25, -0.2) is 9.97 Å². The Morgan fingerprint density at radius 1 is 0.840 bits per heavy atom. The van der Waals surface area contributed by atoms with E-state index in [9.17, 15) is 4.79 Å². The van der Waals surface area contributed by atoms with E-state index in [1.165, 1.54) is 24.8 Å². The second-order valence-corrected chi connectivity index (χ2v) is 6.92. The average molecular weight is 329 g/mol. The summed E-state index contributed by atoms with van der Waals surface area (Å²) >= 11 is 0. The predicted octanol–water partition coefficient (Wildman–Crippen LogP) is 3.83. The maximum atomic E-state index is 12.6. The molecule has 1 aromatic heterocycles. The van der Waals surface area contributed by atoms with Crippen LogP contribution < -0.4 is 0 Å². The zero-order valence-corrected chi connectivity index (χ0v) is 14.0. The van der Waals surface area contributed by atoms with Crippen LogP contribution in [-0.4, -0.2) is 33.7 Å². The van der Waals surface area contributed by atoms with Crippen molar-refractivity contribution in [3.8, 4) is 11.3 Å². The molecule has 2 heterocycles. The monoisotopic (exact) mass is 329 g/mol. The number of fused-ring (bicyclic) bond motifs is 4. The van der Waals surface area contributed by atoms with E-state index in [1.54, 1.807) is 0 Å². The van der Waals surface area contributed by atoms with Crippen LogP contribution in [0.2, 0.25) is 0 Å². The van der Waals surface area contributed by atoms with Crippen molar-refractivity contribution in [2.45, 2.75) is 25.8 Å². The summed E-state index contributed by atoms with van der Waals surface area (Å²) in [6, 6.07) is 13.8. The first-order valence-electron chi connectivity index (χ1n) is 8.97. The minimum absolute atomic E-state index is 0.0126. The number of carbonyl (C=O) groups excluding carboxylic acids is 1. The number of hydrogen-bond acceptors (Lipinski definition) is 4. The van der Waals surface area contributed by atoms with Crippen molar-refractivity contribution in [2.24, 2.45) is 0 Å². The molecule has 1 aliphatic carbocycles. The average Bonchev–Trinajstić information content (AvgIpc) is 2.94. The van der Waals surface area contributed by atoms with E-state index in [0.29, 0.717) is 11.3 Å². The van der Waals surface area contributed by atoms with Gasteiger partial charge in [-0.2, -0.15) is 0 Å². The summed E-state index contributed by atoms with van der Waals surface area (Å²) in [5.41, 5.74) is 5.79. The fourth-order valence-corrected chi connectivity index (χ4v) is 3.98. The highest BCUT2D eigenvalue weighted by molar-refractivity contribution is 6.20. The van der Waals surface area contributed by atoms with E-state index in [1.807, 2.05) is 36.4 Å². The maximum Gasteiger partial charge on any atom is 0.214 e. The van der Waals surface area contributed by atoms with Crippen LogP contribution in [0.4, 0.5) is 0 Å². The highest BCUT2D eigenvalue weighted by Crippen LogP contribution is 2.35. The predicted molar refractivity (Wildman–Crippen MR) is 97.5 cm³/mol. The van der Waals surface area contributed by atoms with Crippen molar-refractivity contribution in [1.82, 2.24) is 14.9 Å². The van der Waals surface area contributed by atoms with E-state index >= 15 is 0 Å². The number of piperidine rings is 1. The summed E-state index contributed by atoms with van der Waals surface area (Å²) < 4.78 is 0. The second kappa shape index (κ2) is 5.74. The molecule has 25 heavy (non-hydrogen) atoms. The lowest BCUT2D eigenvalue weighted by Crippen LogP contribution is -2.29. The van der Waals surface area contributed by atoms with Crippen LogP contribution in [0.25, 0.3) is 22.3 Å². The Hall–Kier alpha value is -2.59. The lowest BCUT2D eigenvalue weighted by molar-refractivity contribution is 0.103. The molecule has 0 atom stereocenters. The van der Waals surface area contributed by atoms with Crippen LogP contribution in [0.5, 0.6) is 0 Å². The molecule has 0 amide bonds. The number of nitrogens with zero attached hydrogens (tertiary/aromatic N) is 3. The van der Waals surface area contributed by atoms with Crippen molar-refractivity contribution in [2.75, 3.05) is 13.1 Å². The number of likely N-dealkylation sites (tertiary alicyclic amines) is 1. The Labute approximate surface area is 146 Å². The van der Waals surface area contributed by atoms with Gasteiger partial charge in [0.1, 0.15) is 11.4 Å². The van der Waals surface area contributed by atoms with Crippen LogP contribution in [0, 0.1) is 0 Å². The van der Waals surface area contributed by atoms with Crippen molar-refractivity contribution >= 4 is 16.8 Å². The Kier molecular flexibility index (Phi) is 3.38. The van der Waals surface area contributed by atoms with Gasteiger partial charge in [0.05, 0.1) is 11.0 Å². The molecule has 2 aliphatic rings. The van der Waals surface area contributed by atoms with Gasteiger partial charge in [0.25, 0.3) is 0 Å². The van der Waals surface area contributed by atoms with Gasteiger partial charge in [-0.3, -0.25) is 9.69 Å². The summed E-state index contributed by atoms with van der Waals surface area (Å²) in [4.78, 5) is 24.7. The summed E-state index contributed by atoms with van der Waals surface area (Å²) in [5, 5.41) is 0. The van der Waals surface area contributed by atoms with E-state index in [0.717, 1.165) is 41.9 Å². The minimum Gasteiger partial charge on any atom is -0.299 e. The van der Waals surface area contributed by atoms with Gasteiger partial charge in [-0.15, -0.1) is 0 Å². The minimum atomic E-state index is -0.0126. The SMILES string of the molecule is O=C1c2ccccc2-c2nc3c(CN4CCCCC4)cccc3nc21. The molecule has 1 saturated heterocycles. The third-order valence-corrected chi connectivity index (χ3v) is 5.26. The van der Waals surface area contributed by atoms with Gasteiger partial charge in [0.15, 0.2) is 0 Å². The number of benzene rings is 2. The van der Waals surface area contributed by atoms with Gasteiger partial charge in [-0.05, 0) is 37.6 Å². The van der Waals surface area contributed by atoms with E-state index in [2.05, 4.69) is 16.0 Å². The van der Waals surface area contributed by atoms with E-state index in [4.69, 9.17) is 4.98 Å². The molecule has 4 nitrogen and oxygen atoms in total. The highest BCUT2D eigenvalue weighted by Gasteiger charge is 2.30. The van der Waals surface area contributed by atoms with Crippen LogP contribution >= 0.6 is 0 Å². The van der Waals surface area contributed by atoms with E-state index in [-0.39, 0.29) is 5.78 Å². The summed E-state index contributed by atoms with van der Waals surface area (Å²) in [6.45, 7) is 3.20. The lowest BCUT2D eigenvalue weighted by atomic mass is 10.1. The van der Waals surface area contributed by atoms with Gasteiger partial charge in [-0.1, -0.05) is 42.8 Å². The molecular formula is C21H19N3O. The van der Waals surface area contributed by atoms with Crippen molar-refractivity contribution in [3.63, 3.8) is 0 Å². The molecule has 0 spiro atoms. The first-order valence-corrected chi connectivity index (χ1v) is 8.97. The second-order valence-electron chi connectivity index (χ2n) is 6.92. The quantitative estimate of drug-likeness (QED) is 0.561. The Bertz CT molecular complexity index is 990. The molecule has 0 N–H and O–H groups in total. The number of carbonyl (C=O) groups is 1. The summed E-state index contributed by atoms with van der Waals surface area (Å²) in [7, 11) is 0. The molecule has 1 fully saturated rings. The number of aromatic nitrogens is 2. The van der Waals surface area contributed by atoms with Gasteiger partial charge < -0.3 is 0 Å². The zero-order valence-electron chi connectivity index (χ0n) is 14.0. The van der Waals surface area contributed by atoms with E-state index < -0.39 is 0 Å².